The van der Waals surface area contributed by atoms with Crippen LogP contribution in [-0.2, 0) is 0 Å². The van der Waals surface area contributed by atoms with Crippen LogP contribution in [0.25, 0.3) is 16.7 Å². The summed E-state index contributed by atoms with van der Waals surface area (Å²) in [7, 11) is 0. The molecular weight excluding hydrogens is 542 g/mol. The SMILES string of the molecule is Cc1cc(F)c(-n2cc(C(=O)N[C@@H](C3CC3)C(F)(F)F)c(=O)c3cc(F)c(N4CCCC[C@H]4CO)nc32)c(F)c1. The minimum atomic E-state index is -4.79. The van der Waals surface area contributed by atoms with Crippen LogP contribution in [0.1, 0.15) is 48.0 Å². The number of benzene rings is 1. The van der Waals surface area contributed by atoms with Gasteiger partial charge in [0, 0.05) is 12.7 Å². The highest BCUT2D eigenvalue weighted by Crippen LogP contribution is 2.40. The fourth-order valence-electron chi connectivity index (χ4n) is 5.26. The van der Waals surface area contributed by atoms with Gasteiger partial charge in [0.05, 0.1) is 18.0 Å². The molecule has 0 spiro atoms. The Morgan fingerprint density at radius 3 is 2.38 bits per heavy atom. The van der Waals surface area contributed by atoms with Crippen LogP contribution >= 0.6 is 0 Å². The molecule has 2 atom stereocenters. The van der Waals surface area contributed by atoms with Crippen LogP contribution in [0.4, 0.5) is 32.2 Å². The zero-order valence-electron chi connectivity index (χ0n) is 21.4. The number of aryl methyl sites for hydroxylation is 1. The van der Waals surface area contributed by atoms with Gasteiger partial charge in [0.1, 0.15) is 17.3 Å². The minimum Gasteiger partial charge on any atom is -0.394 e. The summed E-state index contributed by atoms with van der Waals surface area (Å²) in [5.74, 6) is -5.73. The average Bonchev–Trinajstić information content (AvgIpc) is 3.72. The standard InChI is InChI=1S/C27H26F6N4O3/c1-13-8-18(28)21(19(29)9-13)37-11-17(26(40)34-23(14-5-6-14)27(31,32)33)22(39)16-10-20(30)25(35-24(16)37)36-7-3-2-4-15(36)12-38/h8-11,14-15,23,38H,2-7,12H2,1H3,(H,34,40)/t15-,23-/m0/s1. The number of hydrogen-bond donors (Lipinski definition) is 2. The van der Waals surface area contributed by atoms with E-state index in [9.17, 15) is 27.9 Å². The van der Waals surface area contributed by atoms with Crippen molar-refractivity contribution in [2.75, 3.05) is 18.1 Å². The van der Waals surface area contributed by atoms with E-state index in [0.29, 0.717) is 19.4 Å². The van der Waals surface area contributed by atoms with Gasteiger partial charge < -0.3 is 15.3 Å². The number of carbonyl (C=O) groups excluding carboxylic acids is 1. The first-order chi connectivity index (χ1) is 18.9. The first-order valence-electron chi connectivity index (χ1n) is 12.9. The van der Waals surface area contributed by atoms with Crippen molar-refractivity contribution in [2.24, 2.45) is 5.92 Å². The predicted octanol–water partition coefficient (Wildman–Crippen LogP) is 4.53. The number of aliphatic hydroxyl groups is 1. The van der Waals surface area contributed by atoms with Gasteiger partial charge in [-0.15, -0.1) is 0 Å². The van der Waals surface area contributed by atoms with Crippen molar-refractivity contribution in [3.63, 3.8) is 0 Å². The molecule has 3 aromatic rings. The number of nitrogens with zero attached hydrogens (tertiary/aromatic N) is 3. The van der Waals surface area contributed by atoms with Crippen molar-refractivity contribution < 1.29 is 36.2 Å². The minimum absolute atomic E-state index is 0.221. The fraction of sp³-hybridized carbons (Fsp3) is 0.444. The summed E-state index contributed by atoms with van der Waals surface area (Å²) >= 11 is 0. The smallest absolute Gasteiger partial charge is 0.394 e. The number of anilines is 1. The molecule has 1 saturated carbocycles. The van der Waals surface area contributed by atoms with Crippen molar-refractivity contribution in [1.29, 1.82) is 0 Å². The Balaban J connectivity index is 1.73. The molecule has 2 aromatic heterocycles. The lowest BCUT2D eigenvalue weighted by molar-refractivity contribution is -0.158. The molecule has 5 rings (SSSR count). The van der Waals surface area contributed by atoms with E-state index in [1.807, 2.05) is 5.32 Å². The van der Waals surface area contributed by atoms with Crippen LogP contribution in [0, 0.1) is 30.3 Å². The molecule has 7 nitrogen and oxygen atoms in total. The third-order valence-electron chi connectivity index (χ3n) is 7.40. The Labute approximate surface area is 224 Å². The van der Waals surface area contributed by atoms with E-state index < -0.39 is 75.2 Å². The quantitative estimate of drug-likeness (QED) is 0.427. The van der Waals surface area contributed by atoms with Gasteiger partial charge in [0.15, 0.2) is 28.9 Å². The number of halogens is 6. The summed E-state index contributed by atoms with van der Waals surface area (Å²) in [6.07, 6.45) is -1.63. The van der Waals surface area contributed by atoms with Crippen LogP contribution in [0.15, 0.2) is 29.2 Å². The van der Waals surface area contributed by atoms with E-state index in [1.165, 1.54) is 11.8 Å². The number of pyridine rings is 2. The zero-order chi connectivity index (χ0) is 28.9. The number of aromatic nitrogens is 2. The van der Waals surface area contributed by atoms with Crippen molar-refractivity contribution >= 4 is 22.8 Å². The van der Waals surface area contributed by atoms with Gasteiger partial charge in [0.2, 0.25) is 5.43 Å². The summed E-state index contributed by atoms with van der Waals surface area (Å²) in [4.78, 5) is 32.1. The molecule has 0 radical (unpaired) electrons. The summed E-state index contributed by atoms with van der Waals surface area (Å²) in [6, 6.07) is 0.0241. The average molecular weight is 569 g/mol. The Morgan fingerprint density at radius 2 is 1.77 bits per heavy atom. The van der Waals surface area contributed by atoms with Crippen LogP contribution in [0.2, 0.25) is 0 Å². The number of rotatable bonds is 6. The topological polar surface area (TPSA) is 87.5 Å². The lowest BCUT2D eigenvalue weighted by atomic mass is 10.0. The van der Waals surface area contributed by atoms with E-state index in [-0.39, 0.29) is 30.8 Å². The molecular formula is C27H26F6N4O3. The highest BCUT2D eigenvalue weighted by molar-refractivity contribution is 5.97. The van der Waals surface area contributed by atoms with Crippen LogP contribution in [0.5, 0.6) is 0 Å². The molecule has 40 heavy (non-hydrogen) atoms. The number of carbonyl (C=O) groups is 1. The van der Waals surface area contributed by atoms with E-state index in [4.69, 9.17) is 0 Å². The molecule has 1 aromatic carbocycles. The molecule has 3 heterocycles. The summed E-state index contributed by atoms with van der Waals surface area (Å²) in [6.45, 7) is 1.44. The largest absolute Gasteiger partial charge is 0.408 e. The molecule has 13 heteroatoms. The zero-order valence-corrected chi connectivity index (χ0v) is 21.4. The Kier molecular flexibility index (Phi) is 7.28. The molecule has 0 bridgehead atoms. The molecule has 214 valence electrons. The molecule has 1 saturated heterocycles. The number of piperidine rings is 1. The lowest BCUT2D eigenvalue weighted by Gasteiger charge is -2.35. The molecule has 2 N–H and O–H groups in total. The Bertz CT molecular complexity index is 1510. The monoisotopic (exact) mass is 568 g/mol. The molecule has 1 amide bonds. The van der Waals surface area contributed by atoms with E-state index in [2.05, 4.69) is 4.98 Å². The number of fused-ring (bicyclic) bond motifs is 1. The predicted molar refractivity (Wildman–Crippen MR) is 134 cm³/mol. The Hall–Kier alpha value is -3.61. The second-order valence-corrected chi connectivity index (χ2v) is 10.3. The van der Waals surface area contributed by atoms with Crippen LogP contribution < -0.4 is 15.6 Å². The number of alkyl halides is 3. The highest BCUT2D eigenvalue weighted by atomic mass is 19.4. The normalized spacial score (nSPS) is 18.7. The maximum atomic E-state index is 15.4. The van der Waals surface area contributed by atoms with Crippen LogP contribution in [0.3, 0.4) is 0 Å². The first kappa shape index (κ1) is 27.9. The van der Waals surface area contributed by atoms with Crippen molar-refractivity contribution in [1.82, 2.24) is 14.9 Å². The third-order valence-corrected chi connectivity index (χ3v) is 7.40. The van der Waals surface area contributed by atoms with Gasteiger partial charge in [0.25, 0.3) is 5.91 Å². The number of aliphatic hydroxyl groups excluding tert-OH is 1. The number of amides is 1. The lowest BCUT2D eigenvalue weighted by Crippen LogP contribution is -2.48. The van der Waals surface area contributed by atoms with Gasteiger partial charge in [-0.2, -0.15) is 13.2 Å². The van der Waals surface area contributed by atoms with Gasteiger partial charge in [-0.1, -0.05) is 0 Å². The van der Waals surface area contributed by atoms with Gasteiger partial charge >= 0.3 is 6.18 Å². The second kappa shape index (κ2) is 10.4. The van der Waals surface area contributed by atoms with E-state index in [1.54, 1.807) is 0 Å². The first-order valence-corrected chi connectivity index (χ1v) is 12.9. The van der Waals surface area contributed by atoms with Gasteiger partial charge in [-0.3, -0.25) is 14.2 Å². The molecule has 2 aliphatic rings. The van der Waals surface area contributed by atoms with E-state index in [0.717, 1.165) is 35.4 Å². The maximum Gasteiger partial charge on any atom is 0.408 e. The van der Waals surface area contributed by atoms with E-state index >= 15 is 13.2 Å². The number of hydrogen-bond acceptors (Lipinski definition) is 5. The fourth-order valence-corrected chi connectivity index (χ4v) is 5.26. The maximum absolute atomic E-state index is 15.4. The van der Waals surface area contributed by atoms with Crippen molar-refractivity contribution in [2.45, 2.75) is 57.3 Å². The summed E-state index contributed by atoms with van der Waals surface area (Å²) in [5, 5.41) is 11.1. The molecule has 1 aliphatic heterocycles. The molecule has 1 aliphatic carbocycles. The second-order valence-electron chi connectivity index (χ2n) is 10.3. The summed E-state index contributed by atoms with van der Waals surface area (Å²) in [5.41, 5.74) is -2.94. The van der Waals surface area contributed by atoms with Crippen molar-refractivity contribution in [3.8, 4) is 5.69 Å². The van der Waals surface area contributed by atoms with Gasteiger partial charge in [-0.25, -0.2) is 18.2 Å². The third kappa shape index (κ3) is 5.14. The Morgan fingerprint density at radius 1 is 1.10 bits per heavy atom. The summed E-state index contributed by atoms with van der Waals surface area (Å²) < 4.78 is 87.2. The molecule has 2 fully saturated rings. The molecule has 0 unspecified atom stereocenters. The number of nitrogens with one attached hydrogen (secondary N) is 1. The van der Waals surface area contributed by atoms with Crippen molar-refractivity contribution in [3.05, 3.63) is 63.2 Å². The highest BCUT2D eigenvalue weighted by Gasteiger charge is 2.50. The van der Waals surface area contributed by atoms with Gasteiger partial charge in [-0.05, 0) is 68.7 Å². The van der Waals surface area contributed by atoms with Crippen LogP contribution in [-0.4, -0.2) is 52.0 Å².